The van der Waals surface area contributed by atoms with E-state index in [1.54, 1.807) is 0 Å². The number of carbonyl (C=O) groups is 2. The first-order chi connectivity index (χ1) is 15.7. The van der Waals surface area contributed by atoms with Crippen molar-refractivity contribution in [2.75, 3.05) is 11.4 Å². The molecular formula is C25H34BN3O4. The van der Waals surface area contributed by atoms with Crippen molar-refractivity contribution in [1.82, 2.24) is 10.6 Å². The molecule has 0 aromatic heterocycles. The predicted molar refractivity (Wildman–Crippen MR) is 131 cm³/mol. The number of amides is 2. The fourth-order valence-electron chi connectivity index (χ4n) is 4.08. The summed E-state index contributed by atoms with van der Waals surface area (Å²) in [5.74, 6) is -1.27. The van der Waals surface area contributed by atoms with Crippen molar-refractivity contribution in [2.45, 2.75) is 58.1 Å². The molecule has 8 heteroatoms. The van der Waals surface area contributed by atoms with E-state index in [-0.39, 0.29) is 17.9 Å². The molecule has 4 N–H and O–H groups in total. The molecule has 1 aliphatic heterocycles. The van der Waals surface area contributed by atoms with Crippen LogP contribution in [0.4, 0.5) is 5.69 Å². The molecule has 3 rings (SSSR count). The molecular weight excluding hydrogens is 417 g/mol. The van der Waals surface area contributed by atoms with E-state index >= 15 is 0 Å². The van der Waals surface area contributed by atoms with Crippen molar-refractivity contribution in [3.63, 3.8) is 0 Å². The summed E-state index contributed by atoms with van der Waals surface area (Å²) >= 11 is 0. The Hall–Kier alpha value is -2.84. The molecule has 1 fully saturated rings. The zero-order valence-electron chi connectivity index (χ0n) is 19.6. The fourth-order valence-corrected chi connectivity index (χ4v) is 4.08. The Morgan fingerprint density at radius 2 is 1.73 bits per heavy atom. The van der Waals surface area contributed by atoms with Gasteiger partial charge in [0.2, 0.25) is 11.8 Å². The topological polar surface area (TPSA) is 102 Å². The van der Waals surface area contributed by atoms with E-state index in [0.717, 1.165) is 23.4 Å². The van der Waals surface area contributed by atoms with E-state index in [1.807, 2.05) is 80.3 Å². The van der Waals surface area contributed by atoms with Crippen molar-refractivity contribution < 1.29 is 19.6 Å². The third-order valence-electron chi connectivity index (χ3n) is 6.02. The highest BCUT2D eigenvalue weighted by molar-refractivity contribution is 6.43. The van der Waals surface area contributed by atoms with Crippen LogP contribution in [0.3, 0.4) is 0 Å². The first-order valence-corrected chi connectivity index (χ1v) is 11.6. The second kappa shape index (κ2) is 11.3. The summed E-state index contributed by atoms with van der Waals surface area (Å²) in [6.45, 7) is 6.69. The largest absolute Gasteiger partial charge is 0.475 e. The van der Waals surface area contributed by atoms with Crippen molar-refractivity contribution >= 4 is 24.6 Å². The molecule has 1 aliphatic rings. The van der Waals surface area contributed by atoms with Gasteiger partial charge in [-0.15, -0.1) is 0 Å². The van der Waals surface area contributed by atoms with Crippen LogP contribution in [-0.2, 0) is 16.0 Å². The zero-order chi connectivity index (χ0) is 24.0. The van der Waals surface area contributed by atoms with Crippen LogP contribution in [0.15, 0.2) is 54.6 Å². The number of carbonyl (C=O) groups excluding carboxylic acids is 2. The first kappa shape index (κ1) is 24.8. The normalized spacial score (nSPS) is 17.2. The average Bonchev–Trinajstić information content (AvgIpc) is 2.74. The molecule has 0 radical (unpaired) electrons. The highest BCUT2D eigenvalue weighted by Crippen LogP contribution is 2.27. The highest BCUT2D eigenvalue weighted by atomic mass is 16.4. The van der Waals surface area contributed by atoms with Gasteiger partial charge in [-0.3, -0.25) is 9.59 Å². The van der Waals surface area contributed by atoms with Gasteiger partial charge in [0.25, 0.3) is 0 Å². The molecule has 2 aromatic carbocycles. The van der Waals surface area contributed by atoms with E-state index in [1.165, 1.54) is 0 Å². The molecule has 1 heterocycles. The number of nitrogens with one attached hydrogen (secondary N) is 2. The molecule has 0 bridgehead atoms. The van der Waals surface area contributed by atoms with Crippen LogP contribution < -0.4 is 15.5 Å². The Balaban J connectivity index is 1.72. The van der Waals surface area contributed by atoms with Crippen molar-refractivity contribution in [2.24, 2.45) is 5.92 Å². The van der Waals surface area contributed by atoms with Gasteiger partial charge in [-0.1, -0.05) is 61.9 Å². The molecule has 176 valence electrons. The lowest BCUT2D eigenvalue weighted by atomic mass is 9.75. The molecule has 2 amide bonds. The van der Waals surface area contributed by atoms with Gasteiger partial charge in [0.05, 0.1) is 5.94 Å². The number of nitrogens with zero attached hydrogens (tertiary/aromatic N) is 1. The molecule has 2 aromatic rings. The number of benzene rings is 2. The van der Waals surface area contributed by atoms with Gasteiger partial charge >= 0.3 is 7.12 Å². The van der Waals surface area contributed by atoms with Crippen LogP contribution >= 0.6 is 0 Å². The second-order valence-electron chi connectivity index (χ2n) is 9.24. The number of rotatable bonds is 10. The summed E-state index contributed by atoms with van der Waals surface area (Å²) in [5, 5.41) is 25.1. The van der Waals surface area contributed by atoms with Crippen LogP contribution in [0.1, 0.15) is 37.8 Å². The highest BCUT2D eigenvalue weighted by Gasteiger charge is 2.37. The third-order valence-corrected chi connectivity index (χ3v) is 6.02. The van der Waals surface area contributed by atoms with E-state index in [9.17, 15) is 19.6 Å². The molecule has 1 saturated heterocycles. The van der Waals surface area contributed by atoms with Crippen molar-refractivity contribution in [1.29, 1.82) is 0 Å². The molecule has 1 unspecified atom stereocenters. The summed E-state index contributed by atoms with van der Waals surface area (Å²) in [7, 11) is -1.67. The SMILES string of the molecule is Cc1ccc(N2CC[C@H]2C(=O)N[C@@H](Cc2ccccc2)C(=O)NC(CC(C)C)B(O)O)cc1. The van der Waals surface area contributed by atoms with Crippen LogP contribution in [0, 0.1) is 12.8 Å². The standard InChI is InChI=1S/C25H34BN3O4/c1-17(2)15-23(26(32)33)28-24(30)21(16-19-7-5-4-6-8-19)27-25(31)22-13-14-29(22)20-11-9-18(3)10-12-20/h4-12,17,21-23,32-33H,13-16H2,1-3H3,(H,27,31)(H,28,30)/t21-,22-,23?/m0/s1. The number of hydrogen-bond donors (Lipinski definition) is 4. The lowest BCUT2D eigenvalue weighted by Gasteiger charge is -2.42. The average molecular weight is 451 g/mol. The lowest BCUT2D eigenvalue weighted by molar-refractivity contribution is -0.130. The number of aryl methyl sites for hydroxylation is 1. The van der Waals surface area contributed by atoms with E-state index in [0.29, 0.717) is 19.3 Å². The summed E-state index contributed by atoms with van der Waals surface area (Å²) in [6, 6.07) is 16.3. The van der Waals surface area contributed by atoms with Crippen molar-refractivity contribution in [3.8, 4) is 0 Å². The molecule has 33 heavy (non-hydrogen) atoms. The van der Waals surface area contributed by atoms with Gasteiger partial charge in [0.1, 0.15) is 12.1 Å². The Labute approximate surface area is 196 Å². The van der Waals surface area contributed by atoms with Gasteiger partial charge in [-0.25, -0.2) is 0 Å². The maximum Gasteiger partial charge on any atom is 0.475 e. The minimum atomic E-state index is -1.67. The quantitative estimate of drug-likeness (QED) is 0.413. The minimum absolute atomic E-state index is 0.164. The van der Waals surface area contributed by atoms with Gasteiger partial charge in [0, 0.05) is 18.7 Å². The predicted octanol–water partition coefficient (Wildman–Crippen LogP) is 1.84. The van der Waals surface area contributed by atoms with Gasteiger partial charge in [-0.05, 0) is 43.4 Å². The first-order valence-electron chi connectivity index (χ1n) is 11.6. The monoisotopic (exact) mass is 451 g/mol. The fraction of sp³-hybridized carbons (Fsp3) is 0.440. The zero-order valence-corrected chi connectivity index (χ0v) is 19.6. The summed E-state index contributed by atoms with van der Waals surface area (Å²) in [6.07, 6.45) is 1.44. The molecule has 0 spiro atoms. The summed E-state index contributed by atoms with van der Waals surface area (Å²) < 4.78 is 0. The molecule has 7 nitrogen and oxygen atoms in total. The lowest BCUT2D eigenvalue weighted by Crippen LogP contribution is -2.61. The Bertz CT molecular complexity index is 921. The Morgan fingerprint density at radius 3 is 2.27 bits per heavy atom. The van der Waals surface area contributed by atoms with Crippen LogP contribution in [0.5, 0.6) is 0 Å². The number of hydrogen-bond acceptors (Lipinski definition) is 5. The van der Waals surface area contributed by atoms with Crippen LogP contribution in [0.2, 0.25) is 0 Å². The van der Waals surface area contributed by atoms with E-state index in [4.69, 9.17) is 0 Å². The second-order valence-corrected chi connectivity index (χ2v) is 9.24. The minimum Gasteiger partial charge on any atom is -0.426 e. The van der Waals surface area contributed by atoms with E-state index in [2.05, 4.69) is 10.6 Å². The van der Waals surface area contributed by atoms with Gasteiger partial charge < -0.3 is 25.6 Å². The molecule has 3 atom stereocenters. The third kappa shape index (κ3) is 6.82. The summed E-state index contributed by atoms with van der Waals surface area (Å²) in [5.41, 5.74) is 3.05. The maximum atomic E-state index is 13.1. The Kier molecular flexibility index (Phi) is 8.52. The van der Waals surface area contributed by atoms with E-state index < -0.39 is 25.0 Å². The molecule has 0 aliphatic carbocycles. The van der Waals surface area contributed by atoms with Gasteiger partial charge in [-0.2, -0.15) is 0 Å². The van der Waals surface area contributed by atoms with Crippen LogP contribution in [-0.4, -0.2) is 53.6 Å². The van der Waals surface area contributed by atoms with Crippen LogP contribution in [0.25, 0.3) is 0 Å². The number of anilines is 1. The van der Waals surface area contributed by atoms with Gasteiger partial charge in [0.15, 0.2) is 0 Å². The maximum absolute atomic E-state index is 13.1. The molecule has 0 saturated carbocycles. The summed E-state index contributed by atoms with van der Waals surface area (Å²) in [4.78, 5) is 28.3. The smallest absolute Gasteiger partial charge is 0.426 e. The Morgan fingerprint density at radius 1 is 1.06 bits per heavy atom. The van der Waals surface area contributed by atoms with Crippen molar-refractivity contribution in [3.05, 3.63) is 65.7 Å².